The largest absolute Gasteiger partial charge is 0.369 e. The quantitative estimate of drug-likeness (QED) is 0.563. The van der Waals surface area contributed by atoms with Gasteiger partial charge in [0.05, 0.1) is 17.3 Å². The molecule has 2 amide bonds. The molecule has 3 aromatic rings. The zero-order valence-corrected chi connectivity index (χ0v) is 19.7. The van der Waals surface area contributed by atoms with Gasteiger partial charge in [0.1, 0.15) is 6.42 Å². The SMILES string of the molecule is CCc1nn(C(C)C)c2cc(N3CCN(C(=O)CC(N)=O)[C@@H](Cc4ccccc4)C3)ccc12. The lowest BCUT2D eigenvalue weighted by Gasteiger charge is -2.42. The molecule has 2 N–H and O–H groups in total. The highest BCUT2D eigenvalue weighted by Crippen LogP contribution is 2.29. The van der Waals surface area contributed by atoms with Crippen LogP contribution < -0.4 is 10.6 Å². The van der Waals surface area contributed by atoms with Crippen LogP contribution in [0, 0.1) is 0 Å². The van der Waals surface area contributed by atoms with Crippen molar-refractivity contribution in [2.45, 2.75) is 52.1 Å². The molecule has 0 spiro atoms. The minimum absolute atomic E-state index is 0.0371. The number of nitrogens with zero attached hydrogens (tertiary/aromatic N) is 4. The number of carbonyl (C=O) groups is 2. The molecule has 0 saturated carbocycles. The van der Waals surface area contributed by atoms with E-state index in [1.807, 2.05) is 23.1 Å². The molecule has 7 nitrogen and oxygen atoms in total. The fourth-order valence-electron chi connectivity index (χ4n) is 4.77. The lowest BCUT2D eigenvalue weighted by Crippen LogP contribution is -2.56. The van der Waals surface area contributed by atoms with E-state index in [2.05, 4.69) is 60.7 Å². The minimum atomic E-state index is -0.583. The van der Waals surface area contributed by atoms with Crippen LogP contribution in [-0.4, -0.2) is 52.2 Å². The summed E-state index contributed by atoms with van der Waals surface area (Å²) in [6.07, 6.45) is 1.38. The first kappa shape index (κ1) is 22.8. The molecule has 1 aliphatic rings. The van der Waals surface area contributed by atoms with E-state index in [0.717, 1.165) is 29.7 Å². The normalized spacial score (nSPS) is 16.5. The summed E-state index contributed by atoms with van der Waals surface area (Å²) in [5.74, 6) is -0.774. The lowest BCUT2D eigenvalue weighted by molar-refractivity contribution is -0.137. The van der Waals surface area contributed by atoms with Gasteiger partial charge in [-0.2, -0.15) is 5.10 Å². The van der Waals surface area contributed by atoms with E-state index in [4.69, 9.17) is 10.8 Å². The van der Waals surface area contributed by atoms with Crippen LogP contribution in [0.1, 0.15) is 44.5 Å². The Morgan fingerprint density at radius 3 is 2.55 bits per heavy atom. The third kappa shape index (κ3) is 4.87. The van der Waals surface area contributed by atoms with Crippen LogP contribution in [-0.2, 0) is 22.4 Å². The summed E-state index contributed by atoms with van der Waals surface area (Å²) in [5.41, 5.74) is 9.88. The molecule has 0 bridgehead atoms. The summed E-state index contributed by atoms with van der Waals surface area (Å²) in [6, 6.07) is 17.0. The van der Waals surface area contributed by atoms with Crippen molar-refractivity contribution in [3.05, 3.63) is 59.8 Å². The summed E-state index contributed by atoms with van der Waals surface area (Å²) in [5, 5.41) is 6.03. The Morgan fingerprint density at radius 2 is 1.88 bits per heavy atom. The topological polar surface area (TPSA) is 84.5 Å². The lowest BCUT2D eigenvalue weighted by atomic mass is 10.0. The average Bonchev–Trinajstić information content (AvgIpc) is 3.17. The molecule has 1 fully saturated rings. The van der Waals surface area contributed by atoms with Crippen LogP contribution in [0.5, 0.6) is 0 Å². The number of piperazine rings is 1. The average molecular weight is 448 g/mol. The van der Waals surface area contributed by atoms with Crippen LogP contribution in [0.25, 0.3) is 10.9 Å². The Balaban J connectivity index is 1.63. The van der Waals surface area contributed by atoms with Crippen molar-refractivity contribution in [3.8, 4) is 0 Å². The summed E-state index contributed by atoms with van der Waals surface area (Å²) >= 11 is 0. The van der Waals surface area contributed by atoms with Gasteiger partial charge < -0.3 is 15.5 Å². The summed E-state index contributed by atoms with van der Waals surface area (Å²) in [7, 11) is 0. The molecule has 0 aliphatic carbocycles. The van der Waals surface area contributed by atoms with E-state index >= 15 is 0 Å². The van der Waals surface area contributed by atoms with E-state index in [-0.39, 0.29) is 24.4 Å². The second kappa shape index (κ2) is 9.65. The Labute approximate surface area is 195 Å². The number of benzene rings is 2. The highest BCUT2D eigenvalue weighted by Gasteiger charge is 2.31. The molecule has 1 saturated heterocycles. The number of amides is 2. The monoisotopic (exact) mass is 447 g/mol. The molecule has 174 valence electrons. The number of hydrogen-bond donors (Lipinski definition) is 1. The van der Waals surface area contributed by atoms with Gasteiger partial charge in [-0.25, -0.2) is 0 Å². The molecule has 33 heavy (non-hydrogen) atoms. The third-order valence-corrected chi connectivity index (χ3v) is 6.40. The van der Waals surface area contributed by atoms with E-state index in [9.17, 15) is 9.59 Å². The second-order valence-corrected chi connectivity index (χ2v) is 9.06. The summed E-state index contributed by atoms with van der Waals surface area (Å²) < 4.78 is 2.10. The standard InChI is InChI=1S/C26H33N5O2/c1-4-23-22-11-10-20(15-24(22)31(28-23)18(2)3)29-12-13-30(26(33)16-25(27)32)21(17-29)14-19-8-6-5-7-9-19/h5-11,15,18,21H,4,12-14,16-17H2,1-3H3,(H2,27,32)/t21-/m0/s1. The molecule has 2 aromatic carbocycles. The predicted molar refractivity (Wildman–Crippen MR) is 131 cm³/mol. The van der Waals surface area contributed by atoms with Gasteiger partial charge in [-0.1, -0.05) is 37.3 Å². The molecule has 0 unspecified atom stereocenters. The first-order valence-electron chi connectivity index (χ1n) is 11.7. The smallest absolute Gasteiger partial charge is 0.232 e. The Morgan fingerprint density at radius 1 is 1.12 bits per heavy atom. The van der Waals surface area contributed by atoms with Gasteiger partial charge in [0, 0.05) is 36.7 Å². The highest BCUT2D eigenvalue weighted by atomic mass is 16.2. The molecule has 1 atom stereocenters. The Kier molecular flexibility index (Phi) is 6.67. The van der Waals surface area contributed by atoms with Crippen molar-refractivity contribution >= 4 is 28.4 Å². The molecule has 7 heteroatoms. The number of carbonyl (C=O) groups excluding carboxylic acids is 2. The number of anilines is 1. The highest BCUT2D eigenvalue weighted by molar-refractivity contribution is 5.96. The van der Waals surface area contributed by atoms with Crippen LogP contribution >= 0.6 is 0 Å². The fourth-order valence-corrected chi connectivity index (χ4v) is 4.77. The number of nitrogens with two attached hydrogens (primary N) is 1. The maximum Gasteiger partial charge on any atom is 0.232 e. The van der Waals surface area contributed by atoms with E-state index in [0.29, 0.717) is 19.6 Å². The van der Waals surface area contributed by atoms with E-state index < -0.39 is 5.91 Å². The number of aromatic nitrogens is 2. The molecular formula is C26H33N5O2. The van der Waals surface area contributed by atoms with Crippen LogP contribution in [0.15, 0.2) is 48.5 Å². The van der Waals surface area contributed by atoms with Crippen molar-refractivity contribution in [3.63, 3.8) is 0 Å². The zero-order valence-electron chi connectivity index (χ0n) is 19.7. The third-order valence-electron chi connectivity index (χ3n) is 6.40. The Hall–Kier alpha value is -3.35. The maximum absolute atomic E-state index is 12.8. The number of hydrogen-bond acceptors (Lipinski definition) is 4. The number of primary amides is 1. The zero-order chi connectivity index (χ0) is 23.5. The van der Waals surface area contributed by atoms with E-state index in [1.165, 1.54) is 10.9 Å². The molecule has 0 radical (unpaired) electrons. The first-order valence-corrected chi connectivity index (χ1v) is 11.7. The number of rotatable bonds is 7. The molecule has 4 rings (SSSR count). The molecule has 2 heterocycles. The Bertz CT molecular complexity index is 1140. The number of aryl methyl sites for hydroxylation is 1. The fraction of sp³-hybridized carbons (Fsp3) is 0.423. The predicted octanol–water partition coefficient (Wildman–Crippen LogP) is 3.31. The van der Waals surface area contributed by atoms with Crippen molar-refractivity contribution in [1.82, 2.24) is 14.7 Å². The molecule has 1 aromatic heterocycles. The van der Waals surface area contributed by atoms with Gasteiger partial charge in [0.2, 0.25) is 11.8 Å². The van der Waals surface area contributed by atoms with Crippen molar-refractivity contribution in [2.24, 2.45) is 5.73 Å². The molecular weight excluding hydrogens is 414 g/mol. The maximum atomic E-state index is 12.8. The summed E-state index contributed by atoms with van der Waals surface area (Å²) in [4.78, 5) is 28.3. The summed E-state index contributed by atoms with van der Waals surface area (Å²) in [6.45, 7) is 8.40. The van der Waals surface area contributed by atoms with Gasteiger partial charge in [-0.15, -0.1) is 0 Å². The van der Waals surface area contributed by atoms with Gasteiger partial charge >= 0.3 is 0 Å². The van der Waals surface area contributed by atoms with Crippen LogP contribution in [0.3, 0.4) is 0 Å². The van der Waals surface area contributed by atoms with Crippen LogP contribution in [0.2, 0.25) is 0 Å². The van der Waals surface area contributed by atoms with Crippen molar-refractivity contribution < 1.29 is 9.59 Å². The van der Waals surface area contributed by atoms with Gasteiger partial charge in [-0.05, 0) is 50.5 Å². The van der Waals surface area contributed by atoms with Gasteiger partial charge in [-0.3, -0.25) is 14.3 Å². The van der Waals surface area contributed by atoms with Crippen molar-refractivity contribution in [2.75, 3.05) is 24.5 Å². The number of fused-ring (bicyclic) bond motifs is 1. The second-order valence-electron chi connectivity index (χ2n) is 9.06. The van der Waals surface area contributed by atoms with Gasteiger partial charge in [0.15, 0.2) is 0 Å². The van der Waals surface area contributed by atoms with Crippen LogP contribution in [0.4, 0.5) is 5.69 Å². The molecule has 1 aliphatic heterocycles. The first-order chi connectivity index (χ1) is 15.9. The van der Waals surface area contributed by atoms with Crippen molar-refractivity contribution in [1.29, 1.82) is 0 Å². The minimum Gasteiger partial charge on any atom is -0.369 e. The van der Waals surface area contributed by atoms with E-state index in [1.54, 1.807) is 0 Å². The van der Waals surface area contributed by atoms with Gasteiger partial charge in [0.25, 0.3) is 0 Å².